The van der Waals surface area contributed by atoms with Crippen LogP contribution >= 0.6 is 23.5 Å². The van der Waals surface area contributed by atoms with Crippen molar-refractivity contribution < 1.29 is 61.4 Å². The smallest absolute Gasteiger partial charge is 0.386 e. The van der Waals surface area contributed by atoms with Crippen LogP contribution in [0.5, 0.6) is 0 Å². The first-order valence-electron chi connectivity index (χ1n) is 7.91. The maximum absolute atomic E-state index is 11.6. The van der Waals surface area contributed by atoms with E-state index in [1.54, 1.807) is 0 Å². The van der Waals surface area contributed by atoms with E-state index >= 15 is 0 Å². The van der Waals surface area contributed by atoms with Crippen LogP contribution in [0.4, 0.5) is 5.82 Å². The minimum absolute atomic E-state index is 0.00468. The lowest BCUT2D eigenvalue weighted by Gasteiger charge is -2.21. The lowest BCUT2D eigenvalue weighted by molar-refractivity contribution is -0.0501. The van der Waals surface area contributed by atoms with Crippen molar-refractivity contribution in [2.24, 2.45) is 0 Å². The minimum atomic E-state index is -5.42. The molecule has 1 aliphatic heterocycles. The summed E-state index contributed by atoms with van der Waals surface area (Å²) in [4.78, 5) is 56.5. The number of nitrogens with two attached hydrogens (primary N) is 1. The zero-order valence-corrected chi connectivity index (χ0v) is 17.6. The number of ether oxygens (including phenoxy) is 1. The summed E-state index contributed by atoms with van der Waals surface area (Å²) in [7, 11) is -15.9. The number of phosphoric ester groups is 2. The van der Waals surface area contributed by atoms with E-state index < -0.39 is 54.6 Å². The first kappa shape index (κ1) is 24.3. The van der Waals surface area contributed by atoms with Gasteiger partial charge in [0.25, 0.3) is 0 Å². The van der Waals surface area contributed by atoms with E-state index in [-0.39, 0.29) is 17.0 Å². The molecular formula is C10H16N5O13P3. The molecule has 1 saturated heterocycles. The van der Waals surface area contributed by atoms with Gasteiger partial charge in [0.1, 0.15) is 30.2 Å². The summed E-state index contributed by atoms with van der Waals surface area (Å²) >= 11 is 0. The number of rotatable bonds is 8. The van der Waals surface area contributed by atoms with Crippen molar-refractivity contribution >= 4 is 40.4 Å². The fourth-order valence-electron chi connectivity index (χ4n) is 2.75. The topological polar surface area (TPSA) is 279 Å². The molecule has 31 heavy (non-hydrogen) atoms. The Bertz CT molecular complexity index is 1100. The Labute approximate surface area is 171 Å². The van der Waals surface area contributed by atoms with E-state index in [0.717, 1.165) is 17.2 Å². The highest BCUT2D eigenvalue weighted by Crippen LogP contribution is 2.58. The first-order chi connectivity index (χ1) is 14.2. The number of fused-ring (bicyclic) bond motifs is 1. The lowest BCUT2D eigenvalue weighted by Crippen LogP contribution is -2.35. The van der Waals surface area contributed by atoms with Crippen LogP contribution in [-0.2, 0) is 31.8 Å². The van der Waals surface area contributed by atoms with Gasteiger partial charge in [-0.1, -0.05) is 0 Å². The van der Waals surface area contributed by atoms with E-state index in [1.807, 2.05) is 0 Å². The maximum atomic E-state index is 11.6. The predicted molar refractivity (Wildman–Crippen MR) is 95.5 cm³/mol. The summed E-state index contributed by atoms with van der Waals surface area (Å²) in [6.07, 6.45) is -4.46. The zero-order valence-electron chi connectivity index (χ0n) is 14.9. The van der Waals surface area contributed by atoms with Crippen LogP contribution in [0.2, 0.25) is 0 Å². The van der Waals surface area contributed by atoms with Crippen LogP contribution in [0, 0.1) is 0 Å². The van der Waals surface area contributed by atoms with Gasteiger partial charge < -0.3 is 40.0 Å². The SMILES string of the molecule is Nc1ncnc2c1ncn2[C@@H]1O[C@H](COP(=O)(O)OP(=O)(O)O)[C@@H](OP(=O)(O)O)[C@H]1O. The predicted octanol–water partition coefficient (Wildman–Crippen LogP) is -1.63. The molecule has 0 radical (unpaired) electrons. The molecule has 1 unspecified atom stereocenters. The van der Waals surface area contributed by atoms with Crippen LogP contribution in [0.25, 0.3) is 11.2 Å². The first-order valence-corrected chi connectivity index (χ1v) is 12.5. The highest BCUT2D eigenvalue weighted by Gasteiger charge is 2.50. The molecule has 3 heterocycles. The number of imidazole rings is 1. The van der Waals surface area contributed by atoms with Crippen LogP contribution in [-0.4, -0.2) is 74.0 Å². The third kappa shape index (κ3) is 5.91. The molecule has 1 aliphatic rings. The largest absolute Gasteiger partial charge is 0.481 e. The number of aliphatic hydroxyl groups excluding tert-OH is 1. The average molecular weight is 507 g/mol. The van der Waals surface area contributed by atoms with E-state index in [2.05, 4.69) is 28.3 Å². The molecule has 0 bridgehead atoms. The van der Waals surface area contributed by atoms with E-state index in [1.165, 1.54) is 0 Å². The Balaban J connectivity index is 1.87. The van der Waals surface area contributed by atoms with Gasteiger partial charge in [-0.3, -0.25) is 13.6 Å². The minimum Gasteiger partial charge on any atom is -0.386 e. The Morgan fingerprint density at radius 3 is 2.39 bits per heavy atom. The molecule has 1 fully saturated rings. The molecule has 174 valence electrons. The number of nitrogens with zero attached hydrogens (tertiary/aromatic N) is 4. The standard InChI is InChI=1S/C10H16N5O13P3/c11-8-5-9(13-2-12-8)15(3-14-5)10-6(16)7(27-29(17,18)19)4(26-10)1-25-31(23,24)28-30(20,21)22/h2-4,6-7,10,16H,1H2,(H,23,24)(H2,11,12,13)(H2,17,18,19)(H2,20,21,22)/t4-,6-,7-,10-/m1/s1. The van der Waals surface area contributed by atoms with E-state index in [9.17, 15) is 23.7 Å². The van der Waals surface area contributed by atoms with Crippen molar-refractivity contribution in [1.29, 1.82) is 0 Å². The molecular weight excluding hydrogens is 491 g/mol. The number of hydrogen-bond acceptors (Lipinski definition) is 12. The van der Waals surface area contributed by atoms with Gasteiger partial charge in [-0.15, -0.1) is 0 Å². The number of anilines is 1. The fourth-order valence-corrected chi connectivity index (χ4v) is 4.93. The summed E-state index contributed by atoms with van der Waals surface area (Å²) in [5.41, 5.74) is 5.87. The monoisotopic (exact) mass is 507 g/mol. The maximum Gasteiger partial charge on any atom is 0.481 e. The average Bonchev–Trinajstić information content (AvgIpc) is 3.13. The fraction of sp³-hybridized carbons (Fsp3) is 0.500. The zero-order chi connectivity index (χ0) is 23.2. The molecule has 3 rings (SSSR count). The number of aliphatic hydroxyl groups is 1. The van der Waals surface area contributed by atoms with Crippen LogP contribution < -0.4 is 5.73 Å². The number of nitrogen functional groups attached to an aromatic ring is 1. The normalized spacial score (nSPS) is 26.9. The number of phosphoric acid groups is 3. The van der Waals surface area contributed by atoms with Crippen molar-refractivity contribution in [2.75, 3.05) is 12.3 Å². The Kier molecular flexibility index (Phi) is 6.68. The third-order valence-corrected chi connectivity index (χ3v) is 6.51. The van der Waals surface area contributed by atoms with Gasteiger partial charge in [-0.05, 0) is 0 Å². The molecule has 0 aliphatic carbocycles. The van der Waals surface area contributed by atoms with Crippen molar-refractivity contribution in [1.82, 2.24) is 19.5 Å². The Morgan fingerprint density at radius 2 is 1.77 bits per heavy atom. The van der Waals surface area contributed by atoms with Gasteiger partial charge in [0.15, 0.2) is 17.7 Å². The highest BCUT2D eigenvalue weighted by molar-refractivity contribution is 7.60. The van der Waals surface area contributed by atoms with Crippen molar-refractivity contribution in [3.63, 3.8) is 0 Å². The second-order valence-electron chi connectivity index (χ2n) is 6.04. The van der Waals surface area contributed by atoms with Crippen molar-refractivity contribution in [3.8, 4) is 0 Å². The molecule has 0 amide bonds. The molecule has 21 heteroatoms. The van der Waals surface area contributed by atoms with E-state index in [0.29, 0.717) is 0 Å². The Morgan fingerprint density at radius 1 is 1.10 bits per heavy atom. The van der Waals surface area contributed by atoms with Gasteiger partial charge in [-0.2, -0.15) is 4.31 Å². The molecule has 5 atom stereocenters. The molecule has 2 aromatic heterocycles. The number of aromatic nitrogens is 4. The van der Waals surface area contributed by atoms with E-state index in [4.69, 9.17) is 30.0 Å². The second-order valence-corrected chi connectivity index (χ2v) is 10.1. The van der Waals surface area contributed by atoms with Gasteiger partial charge in [0.2, 0.25) is 0 Å². The summed E-state index contributed by atoms with van der Waals surface area (Å²) < 4.78 is 52.8. The molecule has 0 spiro atoms. The summed E-state index contributed by atoms with van der Waals surface area (Å²) in [6.45, 7) is -1.03. The summed E-state index contributed by atoms with van der Waals surface area (Å²) in [5, 5.41) is 10.5. The highest BCUT2D eigenvalue weighted by atomic mass is 31.3. The van der Waals surface area contributed by atoms with Crippen LogP contribution in [0.1, 0.15) is 6.23 Å². The molecule has 0 saturated carbocycles. The Hall–Kier alpha value is -1.36. The van der Waals surface area contributed by atoms with Crippen molar-refractivity contribution in [3.05, 3.63) is 12.7 Å². The van der Waals surface area contributed by atoms with Gasteiger partial charge in [0, 0.05) is 0 Å². The number of hydrogen-bond donors (Lipinski definition) is 7. The summed E-state index contributed by atoms with van der Waals surface area (Å²) in [6, 6.07) is 0. The second kappa shape index (κ2) is 8.53. The van der Waals surface area contributed by atoms with Crippen molar-refractivity contribution in [2.45, 2.75) is 24.5 Å². The molecule has 18 nitrogen and oxygen atoms in total. The van der Waals surface area contributed by atoms with Gasteiger partial charge in [-0.25, -0.2) is 28.6 Å². The molecule has 2 aromatic rings. The lowest BCUT2D eigenvalue weighted by atomic mass is 10.1. The molecule has 8 N–H and O–H groups in total. The van der Waals surface area contributed by atoms with Crippen LogP contribution in [0.3, 0.4) is 0 Å². The quantitative estimate of drug-likeness (QED) is 0.197. The van der Waals surface area contributed by atoms with Gasteiger partial charge >= 0.3 is 23.5 Å². The molecule has 0 aromatic carbocycles. The van der Waals surface area contributed by atoms with Crippen LogP contribution in [0.15, 0.2) is 12.7 Å². The summed E-state index contributed by atoms with van der Waals surface area (Å²) in [5.74, 6) is -0.00468. The third-order valence-electron chi connectivity index (χ3n) is 3.84. The van der Waals surface area contributed by atoms with Gasteiger partial charge in [0.05, 0.1) is 12.9 Å².